The van der Waals surface area contributed by atoms with Gasteiger partial charge in [-0.15, -0.1) is 0 Å². The minimum atomic E-state index is -3.94. The third-order valence-electron chi connectivity index (χ3n) is 5.98. The van der Waals surface area contributed by atoms with Crippen LogP contribution in [0.5, 0.6) is 0 Å². The van der Waals surface area contributed by atoms with Gasteiger partial charge in [0.05, 0.1) is 10.6 Å². The normalized spacial score (nSPS) is 15.5. The number of amides is 1. The molecule has 32 heavy (non-hydrogen) atoms. The minimum absolute atomic E-state index is 0.131. The Labute approximate surface area is 196 Å². The first kappa shape index (κ1) is 24.6. The van der Waals surface area contributed by atoms with Crippen LogP contribution in [0.4, 0.5) is 5.69 Å². The molecule has 1 fully saturated rings. The Morgan fingerprint density at radius 3 is 2.50 bits per heavy atom. The molecule has 8 heteroatoms. The van der Waals surface area contributed by atoms with E-state index in [0.29, 0.717) is 22.8 Å². The van der Waals surface area contributed by atoms with E-state index in [4.69, 9.17) is 11.6 Å². The second-order valence-corrected chi connectivity index (χ2v) is 10.7. The zero-order valence-corrected chi connectivity index (χ0v) is 20.3. The quantitative estimate of drug-likeness (QED) is 0.552. The number of nitrogens with one attached hydrogen (secondary N) is 1. The van der Waals surface area contributed by atoms with Crippen LogP contribution in [0.25, 0.3) is 0 Å². The Morgan fingerprint density at radius 1 is 1.12 bits per heavy atom. The van der Waals surface area contributed by atoms with Crippen molar-refractivity contribution < 1.29 is 13.2 Å². The lowest BCUT2D eigenvalue weighted by atomic mass is 9.99. The largest absolute Gasteiger partial charge is 0.354 e. The maximum Gasteiger partial charge on any atom is 0.264 e. The van der Waals surface area contributed by atoms with E-state index < -0.39 is 10.0 Å². The lowest BCUT2D eigenvalue weighted by Crippen LogP contribution is -2.42. The van der Waals surface area contributed by atoms with Crippen LogP contribution in [0.1, 0.15) is 31.7 Å². The molecule has 1 heterocycles. The monoisotopic (exact) mass is 477 g/mol. The molecule has 0 saturated carbocycles. The maximum atomic E-state index is 13.4. The van der Waals surface area contributed by atoms with Gasteiger partial charge in [0.25, 0.3) is 10.0 Å². The standard InChI is InChI=1S/C24H32ClN3O3S/c1-19-12-16-27(17-13-19)15-7-14-26-24(29)18-28(23-11-6-10-22(25)20(23)2)32(30,31)21-8-4-3-5-9-21/h3-6,8-11,19H,7,12-18H2,1-2H3,(H,26,29). The van der Waals surface area contributed by atoms with Gasteiger partial charge in [0.1, 0.15) is 6.54 Å². The fourth-order valence-corrected chi connectivity index (χ4v) is 5.56. The van der Waals surface area contributed by atoms with Crippen molar-refractivity contribution in [3.8, 4) is 0 Å². The summed E-state index contributed by atoms with van der Waals surface area (Å²) in [5.74, 6) is 0.453. The number of rotatable bonds is 9. The number of benzene rings is 2. The fourth-order valence-electron chi connectivity index (χ4n) is 3.89. The molecule has 0 radical (unpaired) electrons. The number of carbonyl (C=O) groups is 1. The summed E-state index contributed by atoms with van der Waals surface area (Å²) in [7, 11) is -3.94. The molecular weight excluding hydrogens is 446 g/mol. The van der Waals surface area contributed by atoms with Crippen LogP contribution in [0.2, 0.25) is 5.02 Å². The highest BCUT2D eigenvalue weighted by Crippen LogP contribution is 2.30. The van der Waals surface area contributed by atoms with Gasteiger partial charge in [0.15, 0.2) is 0 Å². The van der Waals surface area contributed by atoms with Crippen LogP contribution in [0.3, 0.4) is 0 Å². The van der Waals surface area contributed by atoms with Gasteiger partial charge in [-0.05, 0) is 81.6 Å². The Kier molecular flexibility index (Phi) is 8.57. The van der Waals surface area contributed by atoms with Crippen LogP contribution in [-0.2, 0) is 14.8 Å². The summed E-state index contributed by atoms with van der Waals surface area (Å²) in [5.41, 5.74) is 1.01. The summed E-state index contributed by atoms with van der Waals surface area (Å²) >= 11 is 6.25. The molecule has 0 unspecified atom stereocenters. The summed E-state index contributed by atoms with van der Waals surface area (Å²) < 4.78 is 27.9. The van der Waals surface area contributed by atoms with E-state index in [2.05, 4.69) is 17.1 Å². The van der Waals surface area contributed by atoms with E-state index in [1.54, 1.807) is 43.3 Å². The number of anilines is 1. The number of sulfonamides is 1. The maximum absolute atomic E-state index is 13.4. The Morgan fingerprint density at radius 2 is 1.81 bits per heavy atom. The van der Waals surface area contributed by atoms with E-state index in [1.165, 1.54) is 25.0 Å². The Bertz CT molecular complexity index is 1010. The number of carbonyl (C=O) groups excluding carboxylic acids is 1. The van der Waals surface area contributed by atoms with Crippen molar-refractivity contribution in [1.82, 2.24) is 10.2 Å². The second-order valence-electron chi connectivity index (χ2n) is 8.44. The van der Waals surface area contributed by atoms with Crippen molar-refractivity contribution in [2.75, 3.05) is 37.0 Å². The van der Waals surface area contributed by atoms with E-state index in [0.717, 1.165) is 36.3 Å². The van der Waals surface area contributed by atoms with Crippen molar-refractivity contribution in [3.05, 3.63) is 59.1 Å². The molecule has 2 aromatic carbocycles. The van der Waals surface area contributed by atoms with Gasteiger partial charge in [-0.1, -0.05) is 42.8 Å². The number of nitrogens with zero attached hydrogens (tertiary/aromatic N) is 2. The van der Waals surface area contributed by atoms with Crippen molar-refractivity contribution in [2.24, 2.45) is 5.92 Å². The van der Waals surface area contributed by atoms with E-state index in [-0.39, 0.29) is 17.3 Å². The van der Waals surface area contributed by atoms with Crippen molar-refractivity contribution >= 4 is 33.2 Å². The predicted octanol–water partition coefficient (Wildman–Crippen LogP) is 4.08. The first-order valence-electron chi connectivity index (χ1n) is 11.1. The summed E-state index contributed by atoms with van der Waals surface area (Å²) in [4.78, 5) is 15.3. The van der Waals surface area contributed by atoms with Crippen LogP contribution in [-0.4, -0.2) is 51.9 Å². The Hall–Kier alpha value is -2.09. The minimum Gasteiger partial charge on any atom is -0.354 e. The molecule has 6 nitrogen and oxygen atoms in total. The SMILES string of the molecule is Cc1c(Cl)cccc1N(CC(=O)NCCCN1CCC(C)CC1)S(=O)(=O)c1ccccc1. The highest BCUT2D eigenvalue weighted by atomic mass is 35.5. The average Bonchev–Trinajstić information content (AvgIpc) is 2.79. The topological polar surface area (TPSA) is 69.7 Å². The van der Waals surface area contributed by atoms with Gasteiger partial charge in [0.2, 0.25) is 5.91 Å². The average molecular weight is 478 g/mol. The van der Waals surface area contributed by atoms with E-state index in [9.17, 15) is 13.2 Å². The molecule has 0 atom stereocenters. The van der Waals surface area contributed by atoms with Gasteiger partial charge in [-0.2, -0.15) is 0 Å². The molecule has 0 spiro atoms. The number of hydrogen-bond acceptors (Lipinski definition) is 4. The molecular formula is C24H32ClN3O3S. The van der Waals surface area contributed by atoms with Crippen LogP contribution in [0, 0.1) is 12.8 Å². The van der Waals surface area contributed by atoms with Gasteiger partial charge in [-0.25, -0.2) is 8.42 Å². The summed E-state index contributed by atoms with van der Waals surface area (Å²) in [5, 5.41) is 3.34. The first-order valence-corrected chi connectivity index (χ1v) is 12.9. The molecule has 2 aromatic rings. The number of likely N-dealkylation sites (tertiary alicyclic amines) is 1. The molecule has 1 N–H and O–H groups in total. The van der Waals surface area contributed by atoms with Gasteiger partial charge >= 0.3 is 0 Å². The summed E-state index contributed by atoms with van der Waals surface area (Å²) in [6.45, 7) is 7.39. The zero-order chi connectivity index (χ0) is 23.1. The Balaban J connectivity index is 1.67. The van der Waals surface area contributed by atoms with Crippen molar-refractivity contribution in [2.45, 2.75) is 38.0 Å². The highest BCUT2D eigenvalue weighted by molar-refractivity contribution is 7.92. The molecule has 0 aliphatic carbocycles. The number of piperidine rings is 1. The first-order chi connectivity index (χ1) is 15.3. The van der Waals surface area contributed by atoms with Crippen molar-refractivity contribution in [3.63, 3.8) is 0 Å². The molecule has 0 bridgehead atoms. The van der Waals surface area contributed by atoms with Crippen LogP contribution < -0.4 is 9.62 Å². The lowest BCUT2D eigenvalue weighted by Gasteiger charge is -2.30. The third kappa shape index (κ3) is 6.24. The van der Waals surface area contributed by atoms with Crippen LogP contribution >= 0.6 is 11.6 Å². The predicted molar refractivity (Wildman–Crippen MR) is 130 cm³/mol. The molecule has 174 valence electrons. The smallest absolute Gasteiger partial charge is 0.264 e. The van der Waals surface area contributed by atoms with Gasteiger partial charge in [0, 0.05) is 11.6 Å². The lowest BCUT2D eigenvalue weighted by molar-refractivity contribution is -0.119. The molecule has 1 aliphatic rings. The molecule has 3 rings (SSSR count). The molecule has 1 saturated heterocycles. The van der Waals surface area contributed by atoms with E-state index >= 15 is 0 Å². The van der Waals surface area contributed by atoms with Gasteiger partial charge in [-0.3, -0.25) is 9.10 Å². The molecule has 1 amide bonds. The summed E-state index contributed by atoms with van der Waals surface area (Å²) in [6, 6.07) is 13.2. The highest BCUT2D eigenvalue weighted by Gasteiger charge is 2.28. The molecule has 0 aromatic heterocycles. The summed E-state index contributed by atoms with van der Waals surface area (Å²) in [6.07, 6.45) is 3.27. The zero-order valence-electron chi connectivity index (χ0n) is 18.8. The van der Waals surface area contributed by atoms with Gasteiger partial charge < -0.3 is 10.2 Å². The van der Waals surface area contributed by atoms with E-state index in [1.807, 2.05) is 0 Å². The second kappa shape index (κ2) is 11.2. The molecule has 1 aliphatic heterocycles. The van der Waals surface area contributed by atoms with Crippen molar-refractivity contribution in [1.29, 1.82) is 0 Å². The third-order valence-corrected chi connectivity index (χ3v) is 8.16. The number of halogens is 1. The van der Waals surface area contributed by atoms with Crippen LogP contribution in [0.15, 0.2) is 53.4 Å². The fraction of sp³-hybridized carbons (Fsp3) is 0.458. The number of hydrogen-bond donors (Lipinski definition) is 1.